The molecule has 0 spiro atoms. The van der Waals surface area contributed by atoms with E-state index in [0.29, 0.717) is 11.8 Å². The van der Waals surface area contributed by atoms with E-state index in [4.69, 9.17) is 21.7 Å². The highest BCUT2D eigenvalue weighted by molar-refractivity contribution is 5.46. The largest absolute Gasteiger partial charge is 0.400 e. The maximum atomic E-state index is 6.56. The van der Waals surface area contributed by atoms with Gasteiger partial charge in [-0.15, -0.1) is 0 Å². The van der Waals surface area contributed by atoms with Gasteiger partial charge < -0.3 is 11.5 Å². The second kappa shape index (κ2) is 4.25. The molecule has 2 saturated carbocycles. The minimum absolute atomic E-state index is 0.103. The highest BCUT2D eigenvalue weighted by Crippen LogP contribution is 2.74. The number of nitrogens with zero attached hydrogens (tertiary/aromatic N) is 2. The van der Waals surface area contributed by atoms with Gasteiger partial charge in [0.15, 0.2) is 0 Å². The molecule has 4 aliphatic rings. The summed E-state index contributed by atoms with van der Waals surface area (Å²) in [6.45, 7) is 13.5. The van der Waals surface area contributed by atoms with Gasteiger partial charge >= 0.3 is 0 Å². The standard InChI is InChI=1S/C20H32N4/c1-11-7-9-13-17(3,4)19(13,15(11)21)23-24-20-14(18(20,5)6)10-8-12(2)16(20)22/h13-14H,7-10,21-22H2,1-6H3. The van der Waals surface area contributed by atoms with Gasteiger partial charge in [0, 0.05) is 34.1 Å². The second-order valence-electron chi connectivity index (χ2n) is 9.75. The van der Waals surface area contributed by atoms with Crippen molar-refractivity contribution in [3.63, 3.8) is 0 Å². The Hall–Kier alpha value is -1.32. The molecule has 0 aromatic heterocycles. The smallest absolute Gasteiger partial charge is 0.129 e. The van der Waals surface area contributed by atoms with E-state index in [1.807, 2.05) is 0 Å². The Bertz CT molecular complexity index is 651. The quantitative estimate of drug-likeness (QED) is 0.742. The summed E-state index contributed by atoms with van der Waals surface area (Å²) in [5, 5.41) is 10.0. The van der Waals surface area contributed by atoms with Crippen LogP contribution in [0, 0.1) is 22.7 Å². The van der Waals surface area contributed by atoms with Crippen LogP contribution in [-0.2, 0) is 0 Å². The molecule has 2 fully saturated rings. The summed E-state index contributed by atoms with van der Waals surface area (Å²) < 4.78 is 0. The zero-order chi connectivity index (χ0) is 17.7. The molecule has 0 heterocycles. The topological polar surface area (TPSA) is 76.8 Å². The fourth-order valence-corrected chi connectivity index (χ4v) is 6.21. The third kappa shape index (κ3) is 1.48. The van der Waals surface area contributed by atoms with E-state index in [1.165, 1.54) is 24.0 Å². The van der Waals surface area contributed by atoms with Crippen LogP contribution < -0.4 is 11.5 Å². The lowest BCUT2D eigenvalue weighted by molar-refractivity contribution is 0.467. The lowest BCUT2D eigenvalue weighted by Crippen LogP contribution is -2.31. The Morgan fingerprint density at radius 3 is 1.42 bits per heavy atom. The number of rotatable bonds is 2. The van der Waals surface area contributed by atoms with Crippen molar-refractivity contribution < 1.29 is 0 Å². The molecule has 4 rings (SSSR count). The average molecular weight is 329 g/mol. The van der Waals surface area contributed by atoms with Crippen LogP contribution in [-0.4, -0.2) is 11.1 Å². The number of allylic oxidation sites excluding steroid dienone is 2. The number of nitrogens with two attached hydrogens (primary N) is 2. The first-order chi connectivity index (χ1) is 11.0. The van der Waals surface area contributed by atoms with Gasteiger partial charge in [-0.3, -0.25) is 0 Å². The summed E-state index contributed by atoms with van der Waals surface area (Å²) in [7, 11) is 0. The van der Waals surface area contributed by atoms with E-state index >= 15 is 0 Å². The van der Waals surface area contributed by atoms with E-state index in [-0.39, 0.29) is 21.9 Å². The van der Waals surface area contributed by atoms with Gasteiger partial charge in [0.1, 0.15) is 11.1 Å². The Morgan fingerprint density at radius 1 is 0.750 bits per heavy atom. The van der Waals surface area contributed by atoms with Crippen molar-refractivity contribution in [1.82, 2.24) is 0 Å². The van der Waals surface area contributed by atoms with Crippen LogP contribution in [0.3, 0.4) is 0 Å². The second-order valence-corrected chi connectivity index (χ2v) is 9.75. The summed E-state index contributed by atoms with van der Waals surface area (Å²) in [5.74, 6) is 1.04. The molecule has 132 valence electrons. The number of hydrogen-bond acceptors (Lipinski definition) is 4. The molecule has 0 bridgehead atoms. The number of azo groups is 1. The van der Waals surface area contributed by atoms with Crippen LogP contribution in [0.15, 0.2) is 32.8 Å². The van der Waals surface area contributed by atoms with Gasteiger partial charge in [0.2, 0.25) is 0 Å². The van der Waals surface area contributed by atoms with Crippen LogP contribution >= 0.6 is 0 Å². The summed E-state index contributed by atoms with van der Waals surface area (Å²) in [5.41, 5.74) is 17.3. The van der Waals surface area contributed by atoms with Crippen molar-refractivity contribution in [2.75, 3.05) is 0 Å². The highest BCUT2D eigenvalue weighted by Gasteiger charge is 2.77. The Balaban J connectivity index is 1.79. The monoisotopic (exact) mass is 328 g/mol. The molecule has 4 heteroatoms. The van der Waals surface area contributed by atoms with Gasteiger partial charge in [0.05, 0.1) is 0 Å². The first-order valence-corrected chi connectivity index (χ1v) is 9.40. The van der Waals surface area contributed by atoms with Crippen LogP contribution in [0.25, 0.3) is 0 Å². The molecular weight excluding hydrogens is 296 g/mol. The molecule has 24 heavy (non-hydrogen) atoms. The van der Waals surface area contributed by atoms with Crippen LogP contribution in [0.1, 0.15) is 67.2 Å². The molecule has 4 atom stereocenters. The summed E-state index contributed by atoms with van der Waals surface area (Å²) in [6.07, 6.45) is 4.53. The zero-order valence-electron chi connectivity index (χ0n) is 16.0. The average Bonchev–Trinajstić information content (AvgIpc) is 3.21. The first-order valence-electron chi connectivity index (χ1n) is 9.40. The van der Waals surface area contributed by atoms with Crippen molar-refractivity contribution >= 4 is 0 Å². The molecule has 4 unspecified atom stereocenters. The summed E-state index contributed by atoms with van der Waals surface area (Å²) in [4.78, 5) is 0. The Kier molecular flexibility index (Phi) is 2.87. The molecule has 0 aliphatic heterocycles. The first kappa shape index (κ1) is 16.2. The molecular formula is C20H32N4. The van der Waals surface area contributed by atoms with Gasteiger partial charge in [0.25, 0.3) is 0 Å². The van der Waals surface area contributed by atoms with E-state index in [1.54, 1.807) is 0 Å². The molecule has 4 aliphatic carbocycles. The maximum absolute atomic E-state index is 6.56. The molecule has 0 amide bonds. The SMILES string of the molecule is CC1=C(N)C2(N=NC34C(N)=C(C)CCC3C4(C)C)C(CC1)C2(C)C. The Labute approximate surface area is 145 Å². The molecule has 4 nitrogen and oxygen atoms in total. The van der Waals surface area contributed by atoms with E-state index in [2.05, 4.69) is 41.5 Å². The molecule has 0 radical (unpaired) electrons. The van der Waals surface area contributed by atoms with Crippen molar-refractivity contribution in [3.8, 4) is 0 Å². The number of hydrogen-bond donors (Lipinski definition) is 2. The van der Waals surface area contributed by atoms with Gasteiger partial charge in [-0.25, -0.2) is 0 Å². The zero-order valence-corrected chi connectivity index (χ0v) is 16.0. The molecule has 0 aromatic carbocycles. The van der Waals surface area contributed by atoms with E-state index in [0.717, 1.165) is 24.2 Å². The molecule has 0 aromatic rings. The fraction of sp³-hybridized carbons (Fsp3) is 0.800. The lowest BCUT2D eigenvalue weighted by atomic mass is 9.92. The molecule has 0 saturated heterocycles. The van der Waals surface area contributed by atoms with Gasteiger partial charge in [-0.1, -0.05) is 38.8 Å². The third-order valence-electron chi connectivity index (χ3n) is 8.27. The highest BCUT2D eigenvalue weighted by atomic mass is 15.3. The Morgan fingerprint density at radius 2 is 1.08 bits per heavy atom. The predicted octanol–water partition coefficient (Wildman–Crippen LogP) is 4.28. The van der Waals surface area contributed by atoms with E-state index in [9.17, 15) is 0 Å². The predicted molar refractivity (Wildman–Crippen MR) is 97.1 cm³/mol. The van der Waals surface area contributed by atoms with Crippen LogP contribution in [0.2, 0.25) is 0 Å². The van der Waals surface area contributed by atoms with Crippen molar-refractivity contribution in [3.05, 3.63) is 22.5 Å². The van der Waals surface area contributed by atoms with Crippen molar-refractivity contribution in [2.24, 2.45) is 44.4 Å². The lowest BCUT2D eigenvalue weighted by Gasteiger charge is -2.25. The third-order valence-corrected chi connectivity index (χ3v) is 8.27. The minimum atomic E-state index is -0.293. The van der Waals surface area contributed by atoms with Crippen molar-refractivity contribution in [2.45, 2.75) is 78.3 Å². The van der Waals surface area contributed by atoms with Crippen LogP contribution in [0.5, 0.6) is 0 Å². The summed E-state index contributed by atoms with van der Waals surface area (Å²) in [6, 6.07) is 0. The number of fused-ring (bicyclic) bond motifs is 2. The van der Waals surface area contributed by atoms with Crippen molar-refractivity contribution in [1.29, 1.82) is 0 Å². The van der Waals surface area contributed by atoms with E-state index < -0.39 is 0 Å². The normalized spacial score (nSPS) is 45.2. The van der Waals surface area contributed by atoms with Gasteiger partial charge in [-0.05, 0) is 39.5 Å². The van der Waals surface area contributed by atoms with Gasteiger partial charge in [-0.2, -0.15) is 10.2 Å². The molecule has 4 N–H and O–H groups in total. The maximum Gasteiger partial charge on any atom is 0.129 e. The summed E-state index contributed by atoms with van der Waals surface area (Å²) >= 11 is 0. The minimum Gasteiger partial charge on any atom is -0.400 e. The fourth-order valence-electron chi connectivity index (χ4n) is 6.21. The van der Waals surface area contributed by atoms with Crippen LogP contribution in [0.4, 0.5) is 0 Å².